The molecular weight excluding hydrogens is 309 g/mol. The minimum atomic E-state index is -3.65. The van der Waals surface area contributed by atoms with Gasteiger partial charge >= 0.3 is 0 Å². The van der Waals surface area contributed by atoms with Crippen LogP contribution in [-0.2, 0) is 10.0 Å². The second kappa shape index (κ2) is 6.79. The van der Waals surface area contributed by atoms with Gasteiger partial charge in [-0.3, -0.25) is 0 Å². The second-order valence-electron chi connectivity index (χ2n) is 4.18. The molecule has 0 saturated carbocycles. The molecule has 108 valence electrons. The number of halogens is 2. The summed E-state index contributed by atoms with van der Waals surface area (Å²) >= 11 is 11.7. The number of alkyl halides is 2. The highest BCUT2D eigenvalue weighted by Crippen LogP contribution is 2.21. The number of ether oxygens (including phenoxy) is 1. The predicted octanol–water partition coefficient (Wildman–Crippen LogP) is 2.60. The molecule has 0 aliphatic heterocycles. The van der Waals surface area contributed by atoms with Crippen LogP contribution in [0.3, 0.4) is 0 Å². The minimum Gasteiger partial charge on any atom is -0.497 e. The first-order valence-electron chi connectivity index (χ1n) is 5.73. The summed E-state index contributed by atoms with van der Waals surface area (Å²) in [6.07, 6.45) is 0.509. The highest BCUT2D eigenvalue weighted by Gasteiger charge is 2.32. The summed E-state index contributed by atoms with van der Waals surface area (Å²) < 4.78 is 32.1. The Hall–Kier alpha value is -0.490. The zero-order chi connectivity index (χ0) is 14.5. The van der Waals surface area contributed by atoms with Crippen LogP contribution in [0.15, 0.2) is 29.2 Å². The fourth-order valence-electron chi connectivity index (χ4n) is 1.45. The lowest BCUT2D eigenvalue weighted by molar-refractivity contribution is 0.414. The van der Waals surface area contributed by atoms with E-state index in [4.69, 9.17) is 27.9 Å². The van der Waals surface area contributed by atoms with Crippen molar-refractivity contribution in [3.8, 4) is 5.75 Å². The Balaban J connectivity index is 3.03. The lowest BCUT2D eigenvalue weighted by Crippen LogP contribution is -2.51. The molecular formula is C12H17Cl2NO3S. The van der Waals surface area contributed by atoms with E-state index in [1.54, 1.807) is 12.1 Å². The molecule has 0 radical (unpaired) electrons. The standard InChI is InChI=1S/C12H17Cl2NO3S/c1-3-12(8-13,9-14)15-19(16,17)11-6-4-10(18-2)5-7-11/h4-7,15H,3,8-9H2,1-2H3. The summed E-state index contributed by atoms with van der Waals surface area (Å²) in [6.45, 7) is 1.83. The Labute approximate surface area is 124 Å². The van der Waals surface area contributed by atoms with Crippen LogP contribution in [0, 0.1) is 0 Å². The van der Waals surface area contributed by atoms with Gasteiger partial charge in [-0.2, -0.15) is 0 Å². The molecule has 0 aromatic heterocycles. The molecule has 1 aromatic carbocycles. The molecule has 4 nitrogen and oxygen atoms in total. The number of sulfonamides is 1. The highest BCUT2D eigenvalue weighted by molar-refractivity contribution is 7.89. The first-order chi connectivity index (χ1) is 8.93. The van der Waals surface area contributed by atoms with E-state index < -0.39 is 15.6 Å². The normalized spacial score (nSPS) is 12.4. The van der Waals surface area contributed by atoms with Crippen molar-refractivity contribution in [3.05, 3.63) is 24.3 Å². The first-order valence-corrected chi connectivity index (χ1v) is 8.28. The van der Waals surface area contributed by atoms with E-state index >= 15 is 0 Å². The van der Waals surface area contributed by atoms with Gasteiger partial charge in [0.1, 0.15) is 5.75 Å². The van der Waals surface area contributed by atoms with Crippen molar-refractivity contribution in [1.29, 1.82) is 0 Å². The summed E-state index contributed by atoms with van der Waals surface area (Å²) in [5, 5.41) is 0. The summed E-state index contributed by atoms with van der Waals surface area (Å²) in [5.74, 6) is 0.820. The molecule has 7 heteroatoms. The summed E-state index contributed by atoms with van der Waals surface area (Å²) in [7, 11) is -2.13. The van der Waals surface area contributed by atoms with E-state index in [0.29, 0.717) is 12.2 Å². The van der Waals surface area contributed by atoms with E-state index in [1.165, 1.54) is 19.2 Å². The molecule has 0 amide bonds. The Kier molecular flexibility index (Phi) is 5.92. The van der Waals surface area contributed by atoms with Gasteiger partial charge in [0.15, 0.2) is 0 Å². The Morgan fingerprint density at radius 2 is 1.74 bits per heavy atom. The zero-order valence-corrected chi connectivity index (χ0v) is 13.1. The molecule has 0 atom stereocenters. The molecule has 1 aromatic rings. The van der Waals surface area contributed by atoms with Crippen LogP contribution in [0.25, 0.3) is 0 Å². The number of rotatable bonds is 7. The lowest BCUT2D eigenvalue weighted by atomic mass is 10.0. The lowest BCUT2D eigenvalue weighted by Gasteiger charge is -2.29. The number of methoxy groups -OCH3 is 1. The Bertz CT molecular complexity index is 490. The minimum absolute atomic E-state index is 0.113. The maximum atomic E-state index is 12.3. The number of hydrogen-bond acceptors (Lipinski definition) is 3. The van der Waals surface area contributed by atoms with Gasteiger partial charge in [-0.1, -0.05) is 6.92 Å². The maximum absolute atomic E-state index is 12.3. The molecule has 0 aliphatic rings. The van der Waals surface area contributed by atoms with Gasteiger partial charge in [0.25, 0.3) is 0 Å². The van der Waals surface area contributed by atoms with Crippen molar-refractivity contribution in [1.82, 2.24) is 4.72 Å². The second-order valence-corrected chi connectivity index (χ2v) is 6.40. The van der Waals surface area contributed by atoms with Crippen molar-refractivity contribution in [2.24, 2.45) is 0 Å². The van der Waals surface area contributed by atoms with Gasteiger partial charge in [-0.25, -0.2) is 13.1 Å². The highest BCUT2D eigenvalue weighted by atomic mass is 35.5. The Morgan fingerprint density at radius 1 is 1.21 bits per heavy atom. The SMILES string of the molecule is CCC(CCl)(CCl)NS(=O)(=O)c1ccc(OC)cc1. The van der Waals surface area contributed by atoms with E-state index in [0.717, 1.165) is 0 Å². The number of benzene rings is 1. The zero-order valence-electron chi connectivity index (χ0n) is 10.8. The molecule has 0 aliphatic carbocycles. The van der Waals surface area contributed by atoms with Crippen LogP contribution in [0.1, 0.15) is 13.3 Å². The maximum Gasteiger partial charge on any atom is 0.241 e. The molecule has 0 saturated heterocycles. The molecule has 1 N–H and O–H groups in total. The van der Waals surface area contributed by atoms with Gasteiger partial charge in [0, 0.05) is 11.8 Å². The quantitative estimate of drug-likeness (QED) is 0.784. The van der Waals surface area contributed by atoms with Crippen molar-refractivity contribution < 1.29 is 13.2 Å². The summed E-state index contributed by atoms with van der Waals surface area (Å²) in [5.41, 5.74) is -0.831. The third-order valence-corrected chi connectivity index (χ3v) is 5.53. The topological polar surface area (TPSA) is 55.4 Å². The van der Waals surface area contributed by atoms with Crippen LogP contribution in [0.2, 0.25) is 0 Å². The molecule has 0 bridgehead atoms. The van der Waals surface area contributed by atoms with Crippen molar-refractivity contribution in [3.63, 3.8) is 0 Å². The van der Waals surface area contributed by atoms with Crippen LogP contribution in [0.4, 0.5) is 0 Å². The fourth-order valence-corrected chi connectivity index (χ4v) is 3.88. The average Bonchev–Trinajstić information content (AvgIpc) is 2.45. The molecule has 0 unspecified atom stereocenters. The van der Waals surface area contributed by atoms with Crippen LogP contribution < -0.4 is 9.46 Å². The van der Waals surface area contributed by atoms with Crippen LogP contribution >= 0.6 is 23.2 Å². The smallest absolute Gasteiger partial charge is 0.241 e. The molecule has 0 fully saturated rings. The largest absolute Gasteiger partial charge is 0.497 e. The Morgan fingerprint density at radius 3 is 2.11 bits per heavy atom. The third kappa shape index (κ3) is 3.99. The van der Waals surface area contributed by atoms with Crippen molar-refractivity contribution in [2.75, 3.05) is 18.9 Å². The van der Waals surface area contributed by atoms with Crippen LogP contribution in [0.5, 0.6) is 5.75 Å². The van der Waals surface area contributed by atoms with Gasteiger partial charge in [-0.05, 0) is 30.7 Å². The van der Waals surface area contributed by atoms with Gasteiger partial charge in [0.05, 0.1) is 17.5 Å². The molecule has 0 spiro atoms. The monoisotopic (exact) mass is 325 g/mol. The van der Waals surface area contributed by atoms with E-state index in [-0.39, 0.29) is 16.7 Å². The van der Waals surface area contributed by atoms with Crippen LogP contribution in [-0.4, -0.2) is 32.8 Å². The van der Waals surface area contributed by atoms with Gasteiger partial charge in [-0.15, -0.1) is 23.2 Å². The molecule has 1 rings (SSSR count). The fraction of sp³-hybridized carbons (Fsp3) is 0.500. The van der Waals surface area contributed by atoms with E-state index in [1.807, 2.05) is 6.92 Å². The van der Waals surface area contributed by atoms with E-state index in [9.17, 15) is 8.42 Å². The predicted molar refractivity (Wildman–Crippen MR) is 77.8 cm³/mol. The van der Waals surface area contributed by atoms with E-state index in [2.05, 4.69) is 4.72 Å². The van der Waals surface area contributed by atoms with Crippen molar-refractivity contribution >= 4 is 33.2 Å². The molecule has 0 heterocycles. The number of hydrogen-bond donors (Lipinski definition) is 1. The average molecular weight is 326 g/mol. The van der Waals surface area contributed by atoms with Gasteiger partial charge < -0.3 is 4.74 Å². The summed E-state index contributed by atoms with van der Waals surface area (Å²) in [6, 6.07) is 6.13. The number of nitrogens with one attached hydrogen (secondary N) is 1. The third-order valence-electron chi connectivity index (χ3n) is 2.91. The first kappa shape index (κ1) is 16.6. The molecule has 19 heavy (non-hydrogen) atoms. The van der Waals surface area contributed by atoms with Crippen molar-refractivity contribution in [2.45, 2.75) is 23.8 Å². The summed E-state index contributed by atoms with van der Waals surface area (Å²) in [4.78, 5) is 0.154. The van der Waals surface area contributed by atoms with Gasteiger partial charge in [0.2, 0.25) is 10.0 Å².